The molecule has 0 saturated carbocycles. The number of hydrogen-bond acceptors (Lipinski definition) is 7. The molecule has 0 radical (unpaired) electrons. The summed E-state index contributed by atoms with van der Waals surface area (Å²) in [4.78, 5) is 41.1. The van der Waals surface area contributed by atoms with Crippen molar-refractivity contribution in [2.24, 2.45) is 5.41 Å². The third-order valence-electron chi connectivity index (χ3n) is 5.71. The van der Waals surface area contributed by atoms with Gasteiger partial charge in [0.05, 0.1) is 17.1 Å². The summed E-state index contributed by atoms with van der Waals surface area (Å²) < 4.78 is 11.2. The van der Waals surface area contributed by atoms with Crippen LogP contribution in [-0.2, 0) is 9.47 Å². The van der Waals surface area contributed by atoms with Crippen molar-refractivity contribution in [2.45, 2.75) is 78.6 Å². The highest BCUT2D eigenvalue weighted by Crippen LogP contribution is 2.31. The van der Waals surface area contributed by atoms with Crippen molar-refractivity contribution in [1.29, 1.82) is 0 Å². The van der Waals surface area contributed by atoms with Gasteiger partial charge in [-0.15, -0.1) is 11.3 Å². The van der Waals surface area contributed by atoms with Gasteiger partial charge in [-0.05, 0) is 61.0 Å². The number of likely N-dealkylation sites (tertiary alicyclic amines) is 2. The molecule has 9 nitrogen and oxygen atoms in total. The van der Waals surface area contributed by atoms with Crippen molar-refractivity contribution >= 4 is 35.2 Å². The fourth-order valence-electron chi connectivity index (χ4n) is 4.01. The van der Waals surface area contributed by atoms with Crippen LogP contribution in [0.15, 0.2) is 6.07 Å². The summed E-state index contributed by atoms with van der Waals surface area (Å²) >= 11 is 1.14. The van der Waals surface area contributed by atoms with E-state index in [0.29, 0.717) is 43.0 Å². The molecule has 0 aromatic carbocycles. The van der Waals surface area contributed by atoms with E-state index < -0.39 is 29.4 Å². The van der Waals surface area contributed by atoms with E-state index in [4.69, 9.17) is 9.47 Å². The van der Waals surface area contributed by atoms with Gasteiger partial charge in [-0.1, -0.05) is 11.8 Å². The van der Waals surface area contributed by atoms with Crippen LogP contribution in [-0.4, -0.2) is 76.5 Å². The summed E-state index contributed by atoms with van der Waals surface area (Å²) in [6.07, 6.45) is 0.342. The van der Waals surface area contributed by atoms with E-state index in [1.807, 2.05) is 48.5 Å². The van der Waals surface area contributed by atoms with Gasteiger partial charge in [0.25, 0.3) is 0 Å². The lowest BCUT2D eigenvalue weighted by atomic mass is 9.98. The van der Waals surface area contributed by atoms with E-state index in [0.717, 1.165) is 11.3 Å². The molecule has 2 aliphatic rings. The lowest BCUT2D eigenvalue weighted by Gasteiger charge is -2.29. The first kappa shape index (κ1) is 27.7. The topological polar surface area (TPSA) is 108 Å². The van der Waals surface area contributed by atoms with Crippen LogP contribution < -0.4 is 5.32 Å². The maximum Gasteiger partial charge on any atom is 0.410 e. The molecule has 10 heteroatoms. The average molecular weight is 520 g/mol. The Bertz CT molecular complexity index is 1070. The van der Waals surface area contributed by atoms with Crippen LogP contribution in [0.1, 0.15) is 75.9 Å². The molecule has 198 valence electrons. The largest absolute Gasteiger partial charge is 0.477 e. The van der Waals surface area contributed by atoms with Gasteiger partial charge in [0, 0.05) is 37.5 Å². The molecule has 1 aromatic heterocycles. The first-order chi connectivity index (χ1) is 16.5. The van der Waals surface area contributed by atoms with Crippen LogP contribution in [0, 0.1) is 17.3 Å². The molecule has 3 heterocycles. The van der Waals surface area contributed by atoms with E-state index >= 15 is 0 Å². The molecule has 1 unspecified atom stereocenters. The fourth-order valence-corrected chi connectivity index (χ4v) is 4.82. The van der Waals surface area contributed by atoms with Crippen molar-refractivity contribution in [2.75, 3.05) is 31.5 Å². The maximum absolute atomic E-state index is 12.9. The number of thiophene rings is 1. The van der Waals surface area contributed by atoms with E-state index in [9.17, 15) is 19.5 Å². The van der Waals surface area contributed by atoms with Crippen molar-refractivity contribution in [3.8, 4) is 11.8 Å². The molecule has 2 N–H and O–H groups in total. The zero-order valence-electron chi connectivity index (χ0n) is 22.2. The normalized spacial score (nSPS) is 22.1. The van der Waals surface area contributed by atoms with E-state index in [1.165, 1.54) is 0 Å². The lowest BCUT2D eigenvalue weighted by Crippen LogP contribution is -2.43. The Balaban J connectivity index is 1.58. The minimum Gasteiger partial charge on any atom is -0.477 e. The van der Waals surface area contributed by atoms with Crippen LogP contribution in [0.2, 0.25) is 0 Å². The smallest absolute Gasteiger partial charge is 0.410 e. The maximum atomic E-state index is 12.9. The molecule has 1 aromatic rings. The van der Waals surface area contributed by atoms with Gasteiger partial charge >= 0.3 is 18.2 Å². The number of aromatic carboxylic acids is 1. The quantitative estimate of drug-likeness (QED) is 0.547. The Labute approximate surface area is 217 Å². The zero-order chi connectivity index (χ0) is 26.9. The predicted molar refractivity (Wildman–Crippen MR) is 139 cm³/mol. The van der Waals surface area contributed by atoms with Crippen molar-refractivity contribution < 1.29 is 29.0 Å². The Kier molecular flexibility index (Phi) is 7.84. The van der Waals surface area contributed by atoms with Gasteiger partial charge in [-0.2, -0.15) is 0 Å². The Morgan fingerprint density at radius 2 is 1.83 bits per heavy atom. The van der Waals surface area contributed by atoms with Crippen LogP contribution in [0.3, 0.4) is 0 Å². The summed E-state index contributed by atoms with van der Waals surface area (Å²) in [5, 5.41) is 12.9. The molecule has 0 aliphatic carbocycles. The highest BCUT2D eigenvalue weighted by atomic mass is 32.1. The molecule has 0 spiro atoms. The molecule has 2 amide bonds. The second kappa shape index (κ2) is 10.2. The molecule has 2 fully saturated rings. The fraction of sp³-hybridized carbons (Fsp3) is 0.654. The summed E-state index contributed by atoms with van der Waals surface area (Å²) in [6.45, 7) is 14.9. The van der Waals surface area contributed by atoms with Gasteiger partial charge in [-0.25, -0.2) is 14.4 Å². The van der Waals surface area contributed by atoms with Gasteiger partial charge in [-0.3, -0.25) is 0 Å². The molecule has 2 atom stereocenters. The van der Waals surface area contributed by atoms with Crippen LogP contribution >= 0.6 is 11.3 Å². The third kappa shape index (κ3) is 7.53. The number of hydrogen-bond donors (Lipinski definition) is 2. The van der Waals surface area contributed by atoms with Gasteiger partial charge in [0.2, 0.25) is 0 Å². The summed E-state index contributed by atoms with van der Waals surface area (Å²) in [6, 6.07) is 1.65. The molecule has 0 bridgehead atoms. The molecule has 3 rings (SSSR count). The van der Waals surface area contributed by atoms with Crippen LogP contribution in [0.4, 0.5) is 15.3 Å². The number of carbonyl (C=O) groups excluding carboxylic acids is 2. The number of carboxylic acid groups (broad SMARTS) is 1. The number of nitrogens with zero attached hydrogens (tertiary/aromatic N) is 2. The summed E-state index contributed by atoms with van der Waals surface area (Å²) in [5.41, 5.74) is -1.05. The zero-order valence-corrected chi connectivity index (χ0v) is 23.0. The highest BCUT2D eigenvalue weighted by molar-refractivity contribution is 7.15. The highest BCUT2D eigenvalue weighted by Gasteiger charge is 2.42. The average Bonchev–Trinajstić information content (AvgIpc) is 3.44. The SMILES string of the molecule is CC(C)(C)C#Cc1cc(N[C@H]2CCN(C(=O)OC3(C)CCN(C(=O)OC(C)(C)C)C3)C2)c(C(=O)O)s1. The molecular formula is C26H37N3O6S. The number of carbonyl (C=O) groups is 3. The number of carboxylic acids is 1. The number of ether oxygens (including phenoxy) is 2. The predicted octanol–water partition coefficient (Wildman–Crippen LogP) is 4.87. The van der Waals surface area contributed by atoms with Gasteiger partial charge in [0.1, 0.15) is 16.1 Å². The molecule has 2 saturated heterocycles. The first-order valence-corrected chi connectivity index (χ1v) is 13.0. The standard InChI is InChI=1S/C26H37N3O6S/c1-24(2,3)10-8-18-14-19(20(36-18)21(30)31)27-17-9-12-28(15-17)22(32)35-26(7)11-13-29(16-26)23(33)34-25(4,5)6/h14,17,27H,9,11-13,15-16H2,1-7H3,(H,30,31)/t17-,26?/m0/s1. The first-order valence-electron chi connectivity index (χ1n) is 12.2. The number of anilines is 1. The van der Waals surface area contributed by atoms with Crippen LogP contribution in [0.5, 0.6) is 0 Å². The Hall–Kier alpha value is -2.93. The summed E-state index contributed by atoms with van der Waals surface area (Å²) in [7, 11) is 0. The third-order valence-corrected chi connectivity index (χ3v) is 6.75. The molecule has 36 heavy (non-hydrogen) atoms. The monoisotopic (exact) mass is 519 g/mol. The van der Waals surface area contributed by atoms with Crippen LogP contribution in [0.25, 0.3) is 0 Å². The van der Waals surface area contributed by atoms with E-state index in [-0.39, 0.29) is 22.9 Å². The van der Waals surface area contributed by atoms with Crippen molar-refractivity contribution in [3.63, 3.8) is 0 Å². The van der Waals surface area contributed by atoms with Crippen molar-refractivity contribution in [3.05, 3.63) is 15.8 Å². The lowest BCUT2D eigenvalue weighted by molar-refractivity contribution is 0.00137. The number of amides is 2. The van der Waals surface area contributed by atoms with Gasteiger partial charge < -0.3 is 29.7 Å². The minimum atomic E-state index is -1.01. The minimum absolute atomic E-state index is 0.108. The van der Waals surface area contributed by atoms with Crippen molar-refractivity contribution in [1.82, 2.24) is 9.80 Å². The van der Waals surface area contributed by atoms with Gasteiger partial charge in [0.15, 0.2) is 0 Å². The number of nitrogens with one attached hydrogen (secondary N) is 1. The van der Waals surface area contributed by atoms with E-state index in [2.05, 4.69) is 17.2 Å². The van der Waals surface area contributed by atoms with E-state index in [1.54, 1.807) is 15.9 Å². The summed E-state index contributed by atoms with van der Waals surface area (Å²) in [5.74, 6) is 5.18. The molecule has 2 aliphatic heterocycles. The molecular weight excluding hydrogens is 482 g/mol. The Morgan fingerprint density at radius 1 is 1.14 bits per heavy atom. The second-order valence-electron chi connectivity index (χ2n) is 11.7. The number of rotatable bonds is 4. The Morgan fingerprint density at radius 3 is 2.44 bits per heavy atom. The second-order valence-corrected chi connectivity index (χ2v) is 12.8.